The van der Waals surface area contributed by atoms with Crippen LogP contribution < -0.4 is 19.7 Å². The lowest BCUT2D eigenvalue weighted by molar-refractivity contribution is -0.858. The van der Waals surface area contributed by atoms with Crippen molar-refractivity contribution in [2.24, 2.45) is 0 Å². The number of nitrogens with one attached hydrogen (secondary N) is 2. The monoisotopic (exact) mass is 414 g/mol. The minimum atomic E-state index is -2.95. The summed E-state index contributed by atoms with van der Waals surface area (Å²) in [6, 6.07) is 5.77. The van der Waals surface area contributed by atoms with Crippen LogP contribution in [0.15, 0.2) is 18.2 Å². The van der Waals surface area contributed by atoms with Gasteiger partial charge in [-0.1, -0.05) is 6.07 Å². The van der Waals surface area contributed by atoms with Gasteiger partial charge in [-0.15, -0.1) is 0 Å². The summed E-state index contributed by atoms with van der Waals surface area (Å²) in [5.74, 6) is 1.93. The van der Waals surface area contributed by atoms with E-state index in [0.717, 1.165) is 36.6 Å². The predicted molar refractivity (Wildman–Crippen MR) is 108 cm³/mol. The quantitative estimate of drug-likeness (QED) is 0.600. The summed E-state index contributed by atoms with van der Waals surface area (Å²) in [7, 11) is 1.27. The highest BCUT2D eigenvalue weighted by Gasteiger charge is 2.33. The van der Waals surface area contributed by atoms with Crippen molar-refractivity contribution in [1.82, 2.24) is 10.2 Å². The zero-order valence-corrected chi connectivity index (χ0v) is 17.5. The van der Waals surface area contributed by atoms with Crippen LogP contribution in [0, 0.1) is 0 Å². The fourth-order valence-corrected chi connectivity index (χ4v) is 5.45. The second-order valence-electron chi connectivity index (χ2n) is 7.41. The van der Waals surface area contributed by atoms with Crippen molar-refractivity contribution >= 4 is 27.2 Å². The van der Waals surface area contributed by atoms with Gasteiger partial charge in [-0.3, -0.25) is 0 Å². The number of quaternary nitrogens is 1. The summed E-state index contributed by atoms with van der Waals surface area (Å²) >= 11 is 5.62. The first-order chi connectivity index (χ1) is 12.8. The van der Waals surface area contributed by atoms with Crippen molar-refractivity contribution in [2.45, 2.75) is 25.4 Å². The number of nitrogens with zero attached hydrogens (tertiary/aromatic N) is 1. The molecule has 0 saturated carbocycles. The third kappa shape index (κ3) is 5.46. The average Bonchev–Trinajstić information content (AvgIpc) is 3.21. The van der Waals surface area contributed by atoms with Crippen molar-refractivity contribution in [3.8, 4) is 11.5 Å². The predicted octanol–water partition coefficient (Wildman–Crippen LogP) is -0.186. The van der Waals surface area contributed by atoms with Crippen molar-refractivity contribution < 1.29 is 22.8 Å². The molecule has 27 heavy (non-hydrogen) atoms. The van der Waals surface area contributed by atoms with Gasteiger partial charge >= 0.3 is 0 Å². The van der Waals surface area contributed by atoms with Gasteiger partial charge in [0.15, 0.2) is 26.4 Å². The van der Waals surface area contributed by atoms with E-state index < -0.39 is 9.84 Å². The molecule has 1 aromatic rings. The molecule has 9 heteroatoms. The molecule has 1 fully saturated rings. The molecule has 0 amide bonds. The molecule has 7 nitrogen and oxygen atoms in total. The maximum absolute atomic E-state index is 11.9. The van der Waals surface area contributed by atoms with Gasteiger partial charge in [0, 0.05) is 25.6 Å². The highest BCUT2D eigenvalue weighted by molar-refractivity contribution is 7.91. The van der Waals surface area contributed by atoms with Crippen LogP contribution in [0.3, 0.4) is 0 Å². The Labute approximate surface area is 166 Å². The molecular weight excluding hydrogens is 386 g/mol. The lowest BCUT2D eigenvalue weighted by atomic mass is 10.2. The highest BCUT2D eigenvalue weighted by Crippen LogP contribution is 2.32. The molecule has 0 aromatic heterocycles. The third-order valence-corrected chi connectivity index (χ3v) is 7.00. The summed E-state index contributed by atoms with van der Waals surface area (Å²) in [5.41, 5.74) is 1.04. The summed E-state index contributed by atoms with van der Waals surface area (Å²) in [4.78, 5) is 3.43. The number of hydrogen-bond acceptors (Lipinski definition) is 5. The Balaban J connectivity index is 1.61. The Bertz CT molecular complexity index is 783. The zero-order chi connectivity index (χ0) is 19.4. The summed E-state index contributed by atoms with van der Waals surface area (Å²) < 4.78 is 34.6. The Kier molecular flexibility index (Phi) is 6.44. The van der Waals surface area contributed by atoms with E-state index in [9.17, 15) is 8.42 Å². The van der Waals surface area contributed by atoms with E-state index >= 15 is 0 Å². The maximum Gasteiger partial charge on any atom is 0.231 e. The van der Waals surface area contributed by atoms with Gasteiger partial charge in [-0.2, -0.15) is 0 Å². The molecule has 0 unspecified atom stereocenters. The van der Waals surface area contributed by atoms with E-state index in [1.54, 1.807) is 0 Å². The average molecular weight is 415 g/mol. The zero-order valence-electron chi connectivity index (χ0n) is 15.9. The standard InChI is InChI=1S/C18H27N3O4S2/c1-20(2)7-3-8-21(15-6-9-27(22,23)12-15)18(26)19-11-14-4-5-16-17(10-14)25-13-24-16/h4-5,10,15H,3,6-9,11-13H2,1-2H3,(H,19,26)/p+1/t15-/m0/s1. The smallest absolute Gasteiger partial charge is 0.231 e. The summed E-state index contributed by atoms with van der Waals surface area (Å²) in [6.45, 7) is 2.59. The van der Waals surface area contributed by atoms with Gasteiger partial charge in [-0.25, -0.2) is 8.42 Å². The van der Waals surface area contributed by atoms with Crippen molar-refractivity contribution in [2.75, 3.05) is 45.5 Å². The molecule has 0 radical (unpaired) electrons. The second kappa shape index (κ2) is 8.62. The molecule has 2 heterocycles. The number of rotatable bonds is 7. The Morgan fingerprint density at radius 1 is 1.33 bits per heavy atom. The molecule has 0 spiro atoms. The molecule has 0 aliphatic carbocycles. The first kappa shape index (κ1) is 20.2. The molecule has 150 valence electrons. The first-order valence-electron chi connectivity index (χ1n) is 9.26. The van der Waals surface area contributed by atoms with E-state index in [2.05, 4.69) is 24.3 Å². The van der Waals surface area contributed by atoms with Gasteiger partial charge in [-0.05, 0) is 36.3 Å². The molecule has 2 aliphatic rings. The fourth-order valence-electron chi connectivity index (χ4n) is 3.40. The molecule has 1 atom stereocenters. The topological polar surface area (TPSA) is 72.3 Å². The molecule has 2 aliphatic heterocycles. The minimum Gasteiger partial charge on any atom is -0.454 e. The number of ether oxygens (including phenoxy) is 2. The number of thiocarbonyl (C=S) groups is 1. The molecular formula is C18H28N3O4S2+. The second-order valence-corrected chi connectivity index (χ2v) is 10.0. The van der Waals surface area contributed by atoms with Crippen molar-refractivity contribution in [1.29, 1.82) is 0 Å². The van der Waals surface area contributed by atoms with Crippen molar-refractivity contribution in [3.63, 3.8) is 0 Å². The molecule has 1 aromatic carbocycles. The summed E-state index contributed by atoms with van der Waals surface area (Å²) in [6.07, 6.45) is 1.60. The fraction of sp³-hybridized carbons (Fsp3) is 0.611. The number of sulfone groups is 1. The minimum absolute atomic E-state index is 0.0380. The van der Waals surface area contributed by atoms with Gasteiger partial charge < -0.3 is 24.6 Å². The van der Waals surface area contributed by atoms with Crippen LogP contribution in [0.5, 0.6) is 11.5 Å². The van der Waals surface area contributed by atoms with E-state index in [4.69, 9.17) is 21.7 Å². The lowest BCUT2D eigenvalue weighted by Crippen LogP contribution is -3.05. The van der Waals surface area contributed by atoms with Crippen LogP contribution in [-0.4, -0.2) is 70.0 Å². The lowest BCUT2D eigenvalue weighted by Gasteiger charge is -2.31. The van der Waals surface area contributed by atoms with Crippen LogP contribution in [0.4, 0.5) is 0 Å². The highest BCUT2D eigenvalue weighted by atomic mass is 32.2. The van der Waals surface area contributed by atoms with Gasteiger partial charge in [0.05, 0.1) is 32.1 Å². The molecule has 3 rings (SSSR count). The SMILES string of the molecule is C[NH+](C)CCCN(C(=S)NCc1ccc2c(c1)OCO2)[C@H]1CCS(=O)(=O)C1. The van der Waals surface area contributed by atoms with E-state index in [1.807, 2.05) is 18.2 Å². The molecule has 2 N–H and O–H groups in total. The van der Waals surface area contributed by atoms with Crippen LogP contribution in [0.1, 0.15) is 18.4 Å². The molecule has 1 saturated heterocycles. The van der Waals surface area contributed by atoms with Crippen LogP contribution >= 0.6 is 12.2 Å². The maximum atomic E-state index is 11.9. The Morgan fingerprint density at radius 3 is 2.81 bits per heavy atom. The summed E-state index contributed by atoms with van der Waals surface area (Å²) in [5, 5.41) is 3.91. The third-order valence-electron chi connectivity index (χ3n) is 4.87. The normalized spacial score (nSPS) is 20.0. The van der Waals surface area contributed by atoms with E-state index in [0.29, 0.717) is 18.1 Å². The van der Waals surface area contributed by atoms with E-state index in [-0.39, 0.29) is 24.3 Å². The largest absolute Gasteiger partial charge is 0.454 e. The van der Waals surface area contributed by atoms with Gasteiger partial charge in [0.25, 0.3) is 0 Å². The van der Waals surface area contributed by atoms with Crippen LogP contribution in [-0.2, 0) is 16.4 Å². The number of hydrogen-bond donors (Lipinski definition) is 2. The Morgan fingerprint density at radius 2 is 2.11 bits per heavy atom. The van der Waals surface area contributed by atoms with Crippen LogP contribution in [0.25, 0.3) is 0 Å². The van der Waals surface area contributed by atoms with Gasteiger partial charge in [0.2, 0.25) is 6.79 Å². The first-order valence-corrected chi connectivity index (χ1v) is 11.5. The molecule has 0 bridgehead atoms. The van der Waals surface area contributed by atoms with Crippen molar-refractivity contribution in [3.05, 3.63) is 23.8 Å². The number of benzene rings is 1. The van der Waals surface area contributed by atoms with E-state index in [1.165, 1.54) is 4.90 Å². The van der Waals surface area contributed by atoms with Gasteiger partial charge in [0.1, 0.15) is 0 Å². The van der Waals surface area contributed by atoms with Crippen LogP contribution in [0.2, 0.25) is 0 Å². The Hall–Kier alpha value is -1.58. The number of fused-ring (bicyclic) bond motifs is 1.